The number of carbonyl (C=O) groups excluding carboxylic acids is 1. The molecule has 2 aromatic rings. The molecule has 1 aliphatic heterocycles. The fraction of sp³-hybridized carbons (Fsp3) is 0.458. The van der Waals surface area contributed by atoms with E-state index >= 15 is 0 Å². The van der Waals surface area contributed by atoms with Gasteiger partial charge < -0.3 is 15.7 Å². The van der Waals surface area contributed by atoms with Crippen LogP contribution in [-0.2, 0) is 11.8 Å². The van der Waals surface area contributed by atoms with E-state index in [-0.39, 0.29) is 18.2 Å². The van der Waals surface area contributed by atoms with Crippen LogP contribution in [0.1, 0.15) is 46.5 Å². The predicted octanol–water partition coefficient (Wildman–Crippen LogP) is 4.88. The Morgan fingerprint density at radius 2 is 1.97 bits per heavy atom. The minimum absolute atomic E-state index is 0.0374. The Balaban J connectivity index is 1.17. The molecule has 1 saturated heterocycles. The highest BCUT2D eigenvalue weighted by molar-refractivity contribution is 9.10. The number of likely N-dealkylation sites (tertiary alicyclic amines) is 1. The average Bonchev–Trinajstić information content (AvgIpc) is 3.22. The molecule has 2 aliphatic rings. The Labute approximate surface area is 209 Å². The van der Waals surface area contributed by atoms with Crippen LogP contribution in [0.5, 0.6) is 0 Å². The molecule has 0 atom stereocenters. The second-order valence-electron chi connectivity index (χ2n) is 9.05. The molecule has 5 nitrogen and oxygen atoms in total. The van der Waals surface area contributed by atoms with Crippen molar-refractivity contribution in [2.75, 3.05) is 19.6 Å². The molecular formula is C24H27BrF3N3O2S. The summed E-state index contributed by atoms with van der Waals surface area (Å²) in [4.78, 5) is 15.7. The van der Waals surface area contributed by atoms with Gasteiger partial charge >= 0.3 is 6.18 Å². The number of nitrogens with one attached hydrogen (secondary N) is 2. The van der Waals surface area contributed by atoms with Crippen molar-refractivity contribution in [3.63, 3.8) is 0 Å². The molecule has 1 aromatic carbocycles. The second-order valence-corrected chi connectivity index (χ2v) is 10.9. The Hall–Kier alpha value is -1.88. The van der Waals surface area contributed by atoms with Crippen LogP contribution in [0.15, 0.2) is 52.5 Å². The van der Waals surface area contributed by atoms with Crippen molar-refractivity contribution in [1.29, 1.82) is 0 Å². The molecule has 0 unspecified atom stereocenters. The SMILES string of the molecule is C=C(CNC(=O)c1cccc(C(F)(F)F)c1)NC1CN([C@H]2CC[C@@](O)(c3cc(Br)cs3)CC2)C1. The van der Waals surface area contributed by atoms with Crippen LogP contribution < -0.4 is 10.6 Å². The lowest BCUT2D eigenvalue weighted by atomic mass is 9.80. The third kappa shape index (κ3) is 5.84. The summed E-state index contributed by atoms with van der Waals surface area (Å²) in [6.07, 6.45) is -1.13. The minimum atomic E-state index is -4.49. The van der Waals surface area contributed by atoms with E-state index in [1.165, 1.54) is 12.1 Å². The van der Waals surface area contributed by atoms with Gasteiger partial charge in [0.15, 0.2) is 0 Å². The lowest BCUT2D eigenvalue weighted by Crippen LogP contribution is -2.62. The van der Waals surface area contributed by atoms with Gasteiger partial charge in [-0.1, -0.05) is 12.6 Å². The maximum Gasteiger partial charge on any atom is 0.416 e. The number of amides is 1. The van der Waals surface area contributed by atoms with Gasteiger partial charge in [0.2, 0.25) is 0 Å². The lowest BCUT2D eigenvalue weighted by Gasteiger charge is -2.48. The summed E-state index contributed by atoms with van der Waals surface area (Å²) >= 11 is 5.05. The number of halogens is 4. The highest BCUT2D eigenvalue weighted by Crippen LogP contribution is 2.42. The van der Waals surface area contributed by atoms with Crippen LogP contribution in [0, 0.1) is 0 Å². The number of hydrogen-bond donors (Lipinski definition) is 3. The lowest BCUT2D eigenvalue weighted by molar-refractivity contribution is -0.137. The van der Waals surface area contributed by atoms with Gasteiger partial charge in [0.1, 0.15) is 0 Å². The van der Waals surface area contributed by atoms with Gasteiger partial charge in [0.05, 0.1) is 23.8 Å². The standard InChI is InChI=1S/C24H27BrF3N3O2S/c1-15(11-29-22(32)16-3-2-4-17(9-16)24(26,27)28)30-19-12-31(13-19)20-5-7-23(33,8-6-20)21-10-18(25)14-34-21/h2-4,9-10,14,19-20,30,33H,1,5-8,11-13H2,(H,29,32)/t20-,23-. The summed E-state index contributed by atoms with van der Waals surface area (Å²) < 4.78 is 39.5. The molecule has 2 fully saturated rings. The molecule has 2 heterocycles. The van der Waals surface area contributed by atoms with Crippen LogP contribution in [-0.4, -0.2) is 47.6 Å². The number of alkyl halides is 3. The summed E-state index contributed by atoms with van der Waals surface area (Å²) in [5, 5.41) is 18.9. The average molecular weight is 558 g/mol. The Morgan fingerprint density at radius 1 is 1.26 bits per heavy atom. The van der Waals surface area contributed by atoms with Gasteiger partial charge in [0.25, 0.3) is 5.91 Å². The minimum Gasteiger partial charge on any atom is -0.384 e. The molecule has 3 N–H and O–H groups in total. The van der Waals surface area contributed by atoms with E-state index in [1.807, 2.05) is 11.4 Å². The molecule has 1 amide bonds. The molecule has 1 aliphatic carbocycles. The van der Waals surface area contributed by atoms with E-state index in [4.69, 9.17) is 0 Å². The third-order valence-electron chi connectivity index (χ3n) is 6.56. The second kappa shape index (κ2) is 10.0. The maximum atomic E-state index is 12.8. The number of rotatable bonds is 7. The molecule has 0 bridgehead atoms. The monoisotopic (exact) mass is 557 g/mol. The van der Waals surface area contributed by atoms with Crippen molar-refractivity contribution < 1.29 is 23.1 Å². The zero-order chi connectivity index (χ0) is 24.5. The smallest absolute Gasteiger partial charge is 0.384 e. The fourth-order valence-corrected chi connectivity index (χ4v) is 6.20. The molecule has 1 aromatic heterocycles. The summed E-state index contributed by atoms with van der Waals surface area (Å²) in [6, 6.07) is 7.02. The van der Waals surface area contributed by atoms with E-state index in [1.54, 1.807) is 11.3 Å². The van der Waals surface area contributed by atoms with Gasteiger partial charge in [-0.15, -0.1) is 11.3 Å². The first-order valence-corrected chi connectivity index (χ1v) is 12.8. The number of benzene rings is 1. The molecule has 184 valence electrons. The van der Waals surface area contributed by atoms with Gasteiger partial charge in [-0.25, -0.2) is 0 Å². The van der Waals surface area contributed by atoms with E-state index in [2.05, 4.69) is 38.0 Å². The Bertz CT molecular complexity index is 1040. The maximum absolute atomic E-state index is 12.8. The predicted molar refractivity (Wildman–Crippen MR) is 130 cm³/mol. The van der Waals surface area contributed by atoms with Gasteiger partial charge in [-0.05, 0) is 65.9 Å². The zero-order valence-corrected chi connectivity index (χ0v) is 20.9. The first-order chi connectivity index (χ1) is 16.0. The van der Waals surface area contributed by atoms with Crippen molar-refractivity contribution in [3.05, 3.63) is 68.5 Å². The summed E-state index contributed by atoms with van der Waals surface area (Å²) in [5.41, 5.74) is -1.01. The number of nitrogens with zero attached hydrogens (tertiary/aromatic N) is 1. The number of hydrogen-bond acceptors (Lipinski definition) is 5. The quantitative estimate of drug-likeness (QED) is 0.454. The Morgan fingerprint density at radius 3 is 2.59 bits per heavy atom. The molecule has 0 radical (unpaired) electrons. The van der Waals surface area contributed by atoms with Gasteiger partial charge in [0, 0.05) is 45.1 Å². The molecule has 4 rings (SSSR count). The zero-order valence-electron chi connectivity index (χ0n) is 18.5. The third-order valence-corrected chi connectivity index (χ3v) is 8.44. The number of carbonyl (C=O) groups is 1. The largest absolute Gasteiger partial charge is 0.416 e. The normalized spacial score (nSPS) is 23.9. The molecule has 34 heavy (non-hydrogen) atoms. The molecule has 0 spiro atoms. The van der Waals surface area contributed by atoms with Crippen LogP contribution in [0.4, 0.5) is 13.2 Å². The molecule has 10 heteroatoms. The van der Waals surface area contributed by atoms with Crippen LogP contribution in [0.25, 0.3) is 0 Å². The van der Waals surface area contributed by atoms with Crippen LogP contribution in [0.2, 0.25) is 0 Å². The topological polar surface area (TPSA) is 64.6 Å². The first kappa shape index (κ1) is 25.2. The summed E-state index contributed by atoms with van der Waals surface area (Å²) in [7, 11) is 0. The molecule has 1 saturated carbocycles. The highest BCUT2D eigenvalue weighted by Gasteiger charge is 2.40. The van der Waals surface area contributed by atoms with Crippen LogP contribution >= 0.6 is 27.3 Å². The highest BCUT2D eigenvalue weighted by atomic mass is 79.9. The Kier molecular flexibility index (Phi) is 7.42. The molecular weight excluding hydrogens is 531 g/mol. The van der Waals surface area contributed by atoms with Crippen molar-refractivity contribution in [2.45, 2.75) is 49.5 Å². The first-order valence-electron chi connectivity index (χ1n) is 11.1. The summed E-state index contributed by atoms with van der Waals surface area (Å²) in [6.45, 7) is 5.78. The van der Waals surface area contributed by atoms with E-state index < -0.39 is 23.2 Å². The van der Waals surface area contributed by atoms with E-state index in [9.17, 15) is 23.1 Å². The van der Waals surface area contributed by atoms with Crippen molar-refractivity contribution in [2.24, 2.45) is 0 Å². The van der Waals surface area contributed by atoms with Crippen molar-refractivity contribution in [1.82, 2.24) is 15.5 Å². The van der Waals surface area contributed by atoms with Crippen molar-refractivity contribution in [3.8, 4) is 0 Å². The van der Waals surface area contributed by atoms with Gasteiger partial charge in [-0.3, -0.25) is 9.69 Å². The number of thiophene rings is 1. The van der Waals surface area contributed by atoms with E-state index in [0.717, 1.165) is 60.3 Å². The number of aliphatic hydroxyl groups is 1. The fourth-order valence-electron chi connectivity index (χ4n) is 4.62. The van der Waals surface area contributed by atoms with E-state index in [0.29, 0.717) is 11.7 Å². The summed E-state index contributed by atoms with van der Waals surface area (Å²) in [5.74, 6) is -0.572. The van der Waals surface area contributed by atoms with Crippen molar-refractivity contribution >= 4 is 33.2 Å². The van der Waals surface area contributed by atoms with Gasteiger partial charge in [-0.2, -0.15) is 13.2 Å². The van der Waals surface area contributed by atoms with Crippen LogP contribution in [0.3, 0.4) is 0 Å².